The fourth-order valence-electron chi connectivity index (χ4n) is 1.99. The molecule has 0 radical (unpaired) electrons. The van der Waals surface area contributed by atoms with E-state index in [1.54, 1.807) is 30.3 Å². The fourth-order valence-corrected chi connectivity index (χ4v) is 1.99. The molecule has 1 amide bonds. The second-order valence-electron chi connectivity index (χ2n) is 4.70. The second kappa shape index (κ2) is 5.86. The summed E-state index contributed by atoms with van der Waals surface area (Å²) >= 11 is 0. The number of ether oxygens (including phenoxy) is 2. The minimum Gasteiger partial charge on any atom is -0.459 e. The molecule has 1 aromatic carbocycles. The lowest BCUT2D eigenvalue weighted by Gasteiger charge is -2.19. The third-order valence-corrected chi connectivity index (χ3v) is 3.25. The molecule has 0 spiro atoms. The highest BCUT2D eigenvalue weighted by Gasteiger charge is 2.78. The first kappa shape index (κ1) is 16.1. The molecule has 1 aliphatic heterocycles. The zero-order valence-corrected chi connectivity index (χ0v) is 11.7. The van der Waals surface area contributed by atoms with Gasteiger partial charge in [-0.15, -0.1) is 0 Å². The Hall–Kier alpha value is -2.25. The number of alkyl halides is 3. The minimum atomic E-state index is -4.92. The summed E-state index contributed by atoms with van der Waals surface area (Å²) < 4.78 is 48.8. The zero-order valence-electron chi connectivity index (χ0n) is 11.7. The number of hydrogen-bond donors (Lipinski definition) is 0. The van der Waals surface area contributed by atoms with Crippen LogP contribution in [0.25, 0.3) is 0 Å². The number of rotatable bonds is 4. The van der Waals surface area contributed by atoms with Gasteiger partial charge in [-0.1, -0.05) is 30.3 Å². The summed E-state index contributed by atoms with van der Waals surface area (Å²) in [6, 6.07) is 8.30. The van der Waals surface area contributed by atoms with Gasteiger partial charge in [0, 0.05) is 0 Å². The van der Waals surface area contributed by atoms with E-state index in [-0.39, 0.29) is 13.2 Å². The largest absolute Gasteiger partial charge is 0.459 e. The number of carbonyl (C=O) groups excluding carboxylic acids is 2. The lowest BCUT2D eigenvalue weighted by atomic mass is 10.1. The molecule has 22 heavy (non-hydrogen) atoms. The van der Waals surface area contributed by atoms with Gasteiger partial charge in [-0.3, -0.25) is 4.90 Å². The lowest BCUT2D eigenvalue weighted by molar-refractivity contribution is -0.194. The van der Waals surface area contributed by atoms with Crippen molar-refractivity contribution in [3.8, 4) is 0 Å². The molecule has 8 heteroatoms. The van der Waals surface area contributed by atoms with Crippen LogP contribution in [0.1, 0.15) is 12.5 Å². The number of amides is 1. The Labute approximate surface area is 124 Å². The predicted octanol–water partition coefficient (Wildman–Crippen LogP) is 2.50. The van der Waals surface area contributed by atoms with Gasteiger partial charge in [0.05, 0.1) is 13.2 Å². The summed E-state index contributed by atoms with van der Waals surface area (Å²) in [5.41, 5.74) is -2.38. The van der Waals surface area contributed by atoms with Crippen LogP contribution < -0.4 is 0 Å². The van der Waals surface area contributed by atoms with Gasteiger partial charge in [0.2, 0.25) is 0 Å². The Bertz CT molecular complexity index is 561. The second-order valence-corrected chi connectivity index (χ2v) is 4.70. The molecule has 1 atom stereocenters. The van der Waals surface area contributed by atoms with Crippen LogP contribution in [-0.4, -0.2) is 41.8 Å². The van der Waals surface area contributed by atoms with Gasteiger partial charge in [0.15, 0.2) is 0 Å². The van der Waals surface area contributed by atoms with Gasteiger partial charge < -0.3 is 9.47 Å². The number of hydrogen-bond acceptors (Lipinski definition) is 4. The molecule has 0 aromatic heterocycles. The SMILES string of the molecule is CCOC(=O)N1C[C@]1(C(=O)OCc1ccccc1)C(F)(F)F. The van der Waals surface area contributed by atoms with E-state index in [2.05, 4.69) is 4.74 Å². The van der Waals surface area contributed by atoms with Crippen molar-refractivity contribution in [2.45, 2.75) is 25.2 Å². The quantitative estimate of drug-likeness (QED) is 0.632. The van der Waals surface area contributed by atoms with E-state index in [4.69, 9.17) is 4.74 Å². The number of esters is 1. The van der Waals surface area contributed by atoms with Crippen LogP contribution in [0.4, 0.5) is 18.0 Å². The van der Waals surface area contributed by atoms with Crippen LogP contribution >= 0.6 is 0 Å². The molecule has 5 nitrogen and oxygen atoms in total. The third-order valence-electron chi connectivity index (χ3n) is 3.25. The summed E-state index contributed by atoms with van der Waals surface area (Å²) in [5.74, 6) is -1.50. The average Bonchev–Trinajstić information content (AvgIpc) is 3.23. The maximum atomic E-state index is 13.2. The molecule has 0 saturated carbocycles. The summed E-state index contributed by atoms with van der Waals surface area (Å²) in [7, 11) is 0. The maximum absolute atomic E-state index is 13.2. The van der Waals surface area contributed by atoms with E-state index in [1.165, 1.54) is 6.92 Å². The van der Waals surface area contributed by atoms with Crippen molar-refractivity contribution in [3.05, 3.63) is 35.9 Å². The molecule has 1 fully saturated rings. The minimum absolute atomic E-state index is 0.0810. The summed E-state index contributed by atoms with van der Waals surface area (Å²) in [6.07, 6.45) is -6.11. The topological polar surface area (TPSA) is 55.6 Å². The highest BCUT2D eigenvalue weighted by molar-refractivity contribution is 5.92. The summed E-state index contributed by atoms with van der Waals surface area (Å²) in [6.45, 7) is 0.295. The first-order valence-corrected chi connectivity index (χ1v) is 6.55. The lowest BCUT2D eigenvalue weighted by Crippen LogP contribution is -2.46. The van der Waals surface area contributed by atoms with Gasteiger partial charge in [-0.2, -0.15) is 13.2 Å². The van der Waals surface area contributed by atoms with Crippen LogP contribution in [0, 0.1) is 0 Å². The molecule has 1 saturated heterocycles. The monoisotopic (exact) mass is 317 g/mol. The fraction of sp³-hybridized carbons (Fsp3) is 0.429. The first-order chi connectivity index (χ1) is 10.3. The highest BCUT2D eigenvalue weighted by Crippen LogP contribution is 2.48. The van der Waals surface area contributed by atoms with Crippen molar-refractivity contribution in [1.29, 1.82) is 0 Å². The van der Waals surface area contributed by atoms with E-state index in [0.717, 1.165) is 0 Å². The number of carbonyl (C=O) groups is 2. The molecule has 1 aliphatic rings. The smallest absolute Gasteiger partial charge is 0.424 e. The Morgan fingerprint density at radius 1 is 1.23 bits per heavy atom. The van der Waals surface area contributed by atoms with E-state index in [9.17, 15) is 22.8 Å². The molecule has 0 unspecified atom stereocenters. The standard InChI is InChI=1S/C14H14F3NO4/c1-2-21-12(20)18-9-13(18,14(15,16)17)11(19)22-8-10-6-4-3-5-7-10/h3-7H,2,8-9H2,1H3/t13-,18?/m0/s1. The van der Waals surface area contributed by atoms with E-state index in [0.29, 0.717) is 10.5 Å². The van der Waals surface area contributed by atoms with Crippen molar-refractivity contribution >= 4 is 12.1 Å². The van der Waals surface area contributed by atoms with Gasteiger partial charge in [-0.05, 0) is 12.5 Å². The van der Waals surface area contributed by atoms with E-state index < -0.39 is 30.3 Å². The first-order valence-electron chi connectivity index (χ1n) is 6.55. The normalized spacial score (nSPS) is 20.5. The zero-order chi connectivity index (χ0) is 16.4. The maximum Gasteiger partial charge on any atom is 0.424 e. The van der Waals surface area contributed by atoms with Crippen molar-refractivity contribution in [3.63, 3.8) is 0 Å². The number of halogens is 3. The molecular formula is C14H14F3NO4. The molecule has 0 N–H and O–H groups in total. The number of nitrogens with zero attached hydrogens (tertiary/aromatic N) is 1. The molecule has 2 rings (SSSR count). The van der Waals surface area contributed by atoms with Crippen LogP contribution in [0.2, 0.25) is 0 Å². The molecule has 1 heterocycles. The van der Waals surface area contributed by atoms with Crippen molar-refractivity contribution in [2.75, 3.05) is 13.2 Å². The van der Waals surface area contributed by atoms with Gasteiger partial charge in [0.25, 0.3) is 5.54 Å². The Morgan fingerprint density at radius 2 is 1.86 bits per heavy atom. The Kier molecular flexibility index (Phi) is 4.30. The van der Waals surface area contributed by atoms with Crippen molar-refractivity contribution in [2.24, 2.45) is 0 Å². The average molecular weight is 317 g/mol. The van der Waals surface area contributed by atoms with Gasteiger partial charge >= 0.3 is 18.2 Å². The van der Waals surface area contributed by atoms with Crippen molar-refractivity contribution < 1.29 is 32.2 Å². The van der Waals surface area contributed by atoms with Crippen LogP contribution in [-0.2, 0) is 20.9 Å². The third kappa shape index (κ3) is 2.86. The number of benzene rings is 1. The molecule has 1 aromatic rings. The Balaban J connectivity index is 2.08. The summed E-state index contributed by atoms with van der Waals surface area (Å²) in [5, 5.41) is 0. The van der Waals surface area contributed by atoms with Crippen LogP contribution in [0.15, 0.2) is 30.3 Å². The van der Waals surface area contributed by atoms with Crippen LogP contribution in [0.5, 0.6) is 0 Å². The molecule has 0 bridgehead atoms. The van der Waals surface area contributed by atoms with E-state index in [1.807, 2.05) is 0 Å². The molecule has 0 aliphatic carbocycles. The Morgan fingerprint density at radius 3 is 2.41 bits per heavy atom. The van der Waals surface area contributed by atoms with Crippen molar-refractivity contribution in [1.82, 2.24) is 4.90 Å². The summed E-state index contributed by atoms with van der Waals surface area (Å²) in [4.78, 5) is 23.6. The van der Waals surface area contributed by atoms with E-state index >= 15 is 0 Å². The van der Waals surface area contributed by atoms with Crippen LogP contribution in [0.3, 0.4) is 0 Å². The molecule has 120 valence electrons. The highest BCUT2D eigenvalue weighted by atomic mass is 19.4. The molecular weight excluding hydrogens is 303 g/mol. The predicted molar refractivity (Wildman–Crippen MR) is 68.8 cm³/mol. The van der Waals surface area contributed by atoms with Gasteiger partial charge in [-0.25, -0.2) is 9.59 Å². The van der Waals surface area contributed by atoms with Gasteiger partial charge in [0.1, 0.15) is 6.61 Å².